The number of ether oxygens (including phenoxy) is 1. The normalized spacial score (nSPS) is 16.4. The smallest absolute Gasteiger partial charge is 0.319 e. The molecular weight excluding hydrogens is 304 g/mol. The van der Waals surface area contributed by atoms with Crippen LogP contribution in [0.5, 0.6) is 0 Å². The van der Waals surface area contributed by atoms with E-state index in [1.54, 1.807) is 12.4 Å². The van der Waals surface area contributed by atoms with Gasteiger partial charge < -0.3 is 15.4 Å². The van der Waals surface area contributed by atoms with E-state index in [2.05, 4.69) is 20.6 Å². The van der Waals surface area contributed by atoms with Gasteiger partial charge in [0, 0.05) is 24.8 Å². The number of nitrogens with one attached hydrogen (secondary N) is 2. The fourth-order valence-corrected chi connectivity index (χ4v) is 2.84. The zero-order valence-electron chi connectivity index (χ0n) is 13.7. The highest BCUT2D eigenvalue weighted by atomic mass is 16.5. The molecule has 126 valence electrons. The van der Waals surface area contributed by atoms with Crippen molar-refractivity contribution in [3.05, 3.63) is 42.7 Å². The van der Waals surface area contributed by atoms with Crippen LogP contribution in [0.25, 0.3) is 11.4 Å². The van der Waals surface area contributed by atoms with Crippen LogP contribution in [0.3, 0.4) is 0 Å². The van der Waals surface area contributed by atoms with Gasteiger partial charge in [-0.3, -0.25) is 0 Å². The molecule has 6 nitrogen and oxygen atoms in total. The summed E-state index contributed by atoms with van der Waals surface area (Å²) in [5.74, 6) is 1.10. The Morgan fingerprint density at radius 1 is 1.17 bits per heavy atom. The van der Waals surface area contributed by atoms with Crippen LogP contribution in [0.1, 0.15) is 19.8 Å². The molecule has 1 aromatic carbocycles. The highest BCUT2D eigenvalue weighted by molar-refractivity contribution is 5.89. The number of carbonyl (C=O) groups excluding carboxylic acids is 1. The molecule has 0 spiro atoms. The number of nitrogens with zero attached hydrogens (tertiary/aromatic N) is 2. The minimum absolute atomic E-state index is 0.110. The fraction of sp³-hybridized carbons (Fsp3) is 0.389. The van der Waals surface area contributed by atoms with Gasteiger partial charge in [-0.2, -0.15) is 0 Å². The van der Waals surface area contributed by atoms with Gasteiger partial charge in [-0.15, -0.1) is 0 Å². The third-order valence-electron chi connectivity index (χ3n) is 4.27. The number of carbonyl (C=O) groups is 1. The predicted octanol–water partition coefficient (Wildman–Crippen LogP) is 3.08. The lowest BCUT2D eigenvalue weighted by Crippen LogP contribution is -2.42. The van der Waals surface area contributed by atoms with E-state index in [9.17, 15) is 4.79 Å². The van der Waals surface area contributed by atoms with Crippen molar-refractivity contribution in [3.63, 3.8) is 0 Å². The van der Waals surface area contributed by atoms with Crippen LogP contribution < -0.4 is 10.6 Å². The Hall–Kier alpha value is -2.47. The molecule has 1 aliphatic heterocycles. The van der Waals surface area contributed by atoms with Crippen LogP contribution in [0.4, 0.5) is 10.5 Å². The van der Waals surface area contributed by atoms with Crippen molar-refractivity contribution in [3.8, 4) is 11.4 Å². The van der Waals surface area contributed by atoms with E-state index < -0.39 is 0 Å². The second kappa shape index (κ2) is 7.88. The monoisotopic (exact) mass is 326 g/mol. The first-order chi connectivity index (χ1) is 11.7. The highest BCUT2D eigenvalue weighted by Crippen LogP contribution is 2.19. The van der Waals surface area contributed by atoms with Crippen molar-refractivity contribution >= 4 is 11.7 Å². The molecule has 1 aromatic heterocycles. The molecule has 2 amide bonds. The van der Waals surface area contributed by atoms with E-state index in [-0.39, 0.29) is 12.1 Å². The van der Waals surface area contributed by atoms with Gasteiger partial charge in [-0.25, -0.2) is 14.8 Å². The molecule has 0 aliphatic carbocycles. The molecule has 2 N–H and O–H groups in total. The van der Waals surface area contributed by atoms with Gasteiger partial charge in [0.2, 0.25) is 0 Å². The van der Waals surface area contributed by atoms with Crippen LogP contribution in [-0.4, -0.2) is 35.3 Å². The second-order valence-electron chi connectivity index (χ2n) is 6.00. The summed E-state index contributed by atoms with van der Waals surface area (Å²) in [6.07, 6.45) is 5.20. The lowest BCUT2D eigenvalue weighted by atomic mass is 9.93. The van der Waals surface area contributed by atoms with Gasteiger partial charge in [0.25, 0.3) is 0 Å². The van der Waals surface area contributed by atoms with Gasteiger partial charge in [0.1, 0.15) is 0 Å². The van der Waals surface area contributed by atoms with E-state index in [4.69, 9.17) is 4.74 Å². The summed E-state index contributed by atoms with van der Waals surface area (Å²) in [7, 11) is 0. The second-order valence-corrected chi connectivity index (χ2v) is 6.00. The first-order valence-corrected chi connectivity index (χ1v) is 8.25. The van der Waals surface area contributed by atoms with Crippen molar-refractivity contribution < 1.29 is 9.53 Å². The highest BCUT2D eigenvalue weighted by Gasteiger charge is 2.21. The summed E-state index contributed by atoms with van der Waals surface area (Å²) in [5.41, 5.74) is 1.52. The number of hydrogen-bond acceptors (Lipinski definition) is 4. The van der Waals surface area contributed by atoms with Crippen LogP contribution in [0.15, 0.2) is 42.7 Å². The molecule has 1 atom stereocenters. The first kappa shape index (κ1) is 16.4. The number of anilines is 1. The summed E-state index contributed by atoms with van der Waals surface area (Å²) in [6, 6.07) is 9.61. The maximum absolute atomic E-state index is 12.1. The van der Waals surface area contributed by atoms with E-state index in [0.717, 1.165) is 31.6 Å². The maximum Gasteiger partial charge on any atom is 0.319 e. The SMILES string of the molecule is C[C@@H](NC(=O)Nc1cnc(-c2ccccc2)nc1)C1CCOCC1. The van der Waals surface area contributed by atoms with Crippen LogP contribution >= 0.6 is 0 Å². The first-order valence-electron chi connectivity index (χ1n) is 8.25. The van der Waals surface area contributed by atoms with E-state index in [1.807, 2.05) is 37.3 Å². The Labute approximate surface area is 141 Å². The molecule has 0 saturated carbocycles. The van der Waals surface area contributed by atoms with Crippen molar-refractivity contribution in [2.45, 2.75) is 25.8 Å². The van der Waals surface area contributed by atoms with Gasteiger partial charge in [-0.1, -0.05) is 30.3 Å². The molecule has 2 aromatic rings. The average molecular weight is 326 g/mol. The van der Waals surface area contributed by atoms with Crippen LogP contribution in [0.2, 0.25) is 0 Å². The summed E-state index contributed by atoms with van der Waals surface area (Å²) >= 11 is 0. The molecule has 0 bridgehead atoms. The van der Waals surface area contributed by atoms with Gasteiger partial charge in [0.15, 0.2) is 5.82 Å². The zero-order valence-corrected chi connectivity index (χ0v) is 13.7. The minimum Gasteiger partial charge on any atom is -0.381 e. The number of rotatable bonds is 4. The zero-order chi connectivity index (χ0) is 16.8. The van der Waals surface area contributed by atoms with Gasteiger partial charge in [-0.05, 0) is 25.7 Å². The molecular formula is C18H22N4O2. The molecule has 1 aliphatic rings. The van der Waals surface area contributed by atoms with Crippen LogP contribution in [0, 0.1) is 5.92 Å². The number of urea groups is 1. The molecule has 0 unspecified atom stereocenters. The number of amides is 2. The Bertz CT molecular complexity index is 654. The summed E-state index contributed by atoms with van der Waals surface area (Å²) in [4.78, 5) is 20.7. The number of aromatic nitrogens is 2. The lowest BCUT2D eigenvalue weighted by Gasteiger charge is -2.28. The molecule has 0 radical (unpaired) electrons. The average Bonchev–Trinajstić information content (AvgIpc) is 2.64. The topological polar surface area (TPSA) is 76.1 Å². The quantitative estimate of drug-likeness (QED) is 0.905. The molecule has 6 heteroatoms. The molecule has 3 rings (SSSR count). The Kier molecular flexibility index (Phi) is 5.38. The predicted molar refractivity (Wildman–Crippen MR) is 92.6 cm³/mol. The minimum atomic E-state index is -0.231. The molecule has 2 heterocycles. The van der Waals surface area contributed by atoms with E-state index in [1.165, 1.54) is 0 Å². The lowest BCUT2D eigenvalue weighted by molar-refractivity contribution is 0.0573. The van der Waals surface area contributed by atoms with Gasteiger partial charge in [0.05, 0.1) is 18.1 Å². The molecule has 24 heavy (non-hydrogen) atoms. The van der Waals surface area contributed by atoms with Crippen molar-refractivity contribution in [2.75, 3.05) is 18.5 Å². The third kappa shape index (κ3) is 4.29. The third-order valence-corrected chi connectivity index (χ3v) is 4.27. The van der Waals surface area contributed by atoms with E-state index in [0.29, 0.717) is 17.4 Å². The van der Waals surface area contributed by atoms with E-state index >= 15 is 0 Å². The maximum atomic E-state index is 12.1. The number of benzene rings is 1. The van der Waals surface area contributed by atoms with Gasteiger partial charge >= 0.3 is 6.03 Å². The Balaban J connectivity index is 1.54. The molecule has 1 fully saturated rings. The summed E-state index contributed by atoms with van der Waals surface area (Å²) in [5, 5.41) is 5.77. The summed E-state index contributed by atoms with van der Waals surface area (Å²) in [6.45, 7) is 3.57. The standard InChI is InChI=1S/C18H22N4O2/c1-13(14-7-9-24-10-8-14)21-18(23)22-16-11-19-17(20-12-16)15-5-3-2-4-6-15/h2-6,11-14H,7-10H2,1H3,(H2,21,22,23)/t13-/m1/s1. The van der Waals surface area contributed by atoms with Crippen LogP contribution in [-0.2, 0) is 4.74 Å². The Morgan fingerprint density at radius 2 is 1.83 bits per heavy atom. The van der Waals surface area contributed by atoms with Crippen molar-refractivity contribution in [1.82, 2.24) is 15.3 Å². The largest absolute Gasteiger partial charge is 0.381 e. The molecule has 1 saturated heterocycles. The summed E-state index contributed by atoms with van der Waals surface area (Å²) < 4.78 is 5.35. The fourth-order valence-electron chi connectivity index (χ4n) is 2.84. The van der Waals surface area contributed by atoms with Crippen molar-refractivity contribution in [2.24, 2.45) is 5.92 Å². The number of hydrogen-bond donors (Lipinski definition) is 2. The Morgan fingerprint density at radius 3 is 2.50 bits per heavy atom. The van der Waals surface area contributed by atoms with Crippen molar-refractivity contribution in [1.29, 1.82) is 0 Å².